The Balaban J connectivity index is 1.79. The van der Waals surface area contributed by atoms with Crippen molar-refractivity contribution in [2.75, 3.05) is 21.3 Å². The van der Waals surface area contributed by atoms with E-state index in [4.69, 9.17) is 18.9 Å². The van der Waals surface area contributed by atoms with E-state index in [-0.39, 0.29) is 5.70 Å². The van der Waals surface area contributed by atoms with Gasteiger partial charge in [-0.3, -0.25) is 0 Å². The van der Waals surface area contributed by atoms with Crippen LogP contribution in [0, 0.1) is 6.92 Å². The number of rotatable bonds is 7. The second-order valence-electron chi connectivity index (χ2n) is 6.37. The van der Waals surface area contributed by atoms with Crippen molar-refractivity contribution in [1.82, 2.24) is 0 Å². The predicted octanol–water partition coefficient (Wildman–Crippen LogP) is 3.95. The van der Waals surface area contributed by atoms with Crippen LogP contribution in [0.2, 0.25) is 0 Å². The first-order valence-electron chi connectivity index (χ1n) is 8.91. The van der Waals surface area contributed by atoms with Gasteiger partial charge in [-0.15, -0.1) is 0 Å². The summed E-state index contributed by atoms with van der Waals surface area (Å²) in [5.41, 5.74) is 3.33. The quantitative estimate of drug-likeness (QED) is 0.537. The first kappa shape index (κ1) is 19.5. The molecule has 0 unspecified atom stereocenters. The van der Waals surface area contributed by atoms with Gasteiger partial charge in [-0.2, -0.15) is 0 Å². The Bertz CT molecular complexity index is 903. The van der Waals surface area contributed by atoms with Crippen molar-refractivity contribution in [2.24, 2.45) is 4.99 Å². The molecular formula is C22H23NO5. The highest BCUT2D eigenvalue weighted by molar-refractivity contribution is 6.07. The molecule has 2 aromatic rings. The van der Waals surface area contributed by atoms with Gasteiger partial charge in [-0.1, -0.05) is 29.8 Å². The molecule has 6 heteroatoms. The number of benzene rings is 2. The van der Waals surface area contributed by atoms with Crippen LogP contribution in [0.3, 0.4) is 0 Å². The minimum absolute atomic E-state index is 0.244. The number of carbonyl (C=O) groups is 1. The van der Waals surface area contributed by atoms with E-state index in [1.807, 2.05) is 6.92 Å². The molecule has 0 fully saturated rings. The maximum absolute atomic E-state index is 12.2. The van der Waals surface area contributed by atoms with Crippen LogP contribution in [0.15, 0.2) is 47.1 Å². The lowest BCUT2D eigenvalue weighted by molar-refractivity contribution is -0.130. The number of aliphatic imine (C=N–C) groups is 1. The second-order valence-corrected chi connectivity index (χ2v) is 6.37. The highest BCUT2D eigenvalue weighted by Crippen LogP contribution is 2.39. The molecule has 2 aromatic carbocycles. The van der Waals surface area contributed by atoms with Crippen LogP contribution in [-0.2, 0) is 16.0 Å². The fourth-order valence-corrected chi connectivity index (χ4v) is 2.91. The largest absolute Gasteiger partial charge is 0.493 e. The minimum Gasteiger partial charge on any atom is -0.493 e. The molecule has 0 N–H and O–H groups in total. The molecule has 0 atom stereocenters. The molecule has 6 nitrogen and oxygen atoms in total. The third-order valence-electron chi connectivity index (χ3n) is 4.40. The van der Waals surface area contributed by atoms with E-state index in [1.54, 1.807) is 32.4 Å². The third kappa shape index (κ3) is 4.34. The first-order chi connectivity index (χ1) is 13.5. The normalized spacial score (nSPS) is 14.6. The molecule has 0 spiro atoms. The van der Waals surface area contributed by atoms with Crippen LogP contribution in [-0.4, -0.2) is 33.2 Å². The number of methoxy groups -OCH3 is 3. The monoisotopic (exact) mass is 381 g/mol. The highest BCUT2D eigenvalue weighted by atomic mass is 16.6. The molecule has 0 bridgehead atoms. The Morgan fingerprint density at radius 2 is 1.61 bits per heavy atom. The Kier molecular flexibility index (Phi) is 5.99. The number of esters is 1. The number of carbonyl (C=O) groups excluding carboxylic acids is 1. The zero-order valence-corrected chi connectivity index (χ0v) is 16.4. The van der Waals surface area contributed by atoms with Gasteiger partial charge >= 0.3 is 5.97 Å². The third-order valence-corrected chi connectivity index (χ3v) is 4.40. The van der Waals surface area contributed by atoms with E-state index < -0.39 is 5.97 Å². The second kappa shape index (κ2) is 8.61. The van der Waals surface area contributed by atoms with Crippen LogP contribution in [0.5, 0.6) is 17.2 Å². The summed E-state index contributed by atoms with van der Waals surface area (Å²) in [4.78, 5) is 16.5. The van der Waals surface area contributed by atoms with Crippen LogP contribution >= 0.6 is 0 Å². The number of cyclic esters (lactones) is 1. The zero-order chi connectivity index (χ0) is 20.1. The highest BCUT2D eigenvalue weighted by Gasteiger charge is 2.23. The van der Waals surface area contributed by atoms with Gasteiger partial charge in [0.1, 0.15) is 0 Å². The van der Waals surface area contributed by atoms with Gasteiger partial charge in [0, 0.05) is 6.42 Å². The van der Waals surface area contributed by atoms with Crippen molar-refractivity contribution in [3.8, 4) is 17.2 Å². The van der Waals surface area contributed by atoms with Crippen molar-refractivity contribution >= 4 is 17.9 Å². The molecule has 0 radical (unpaired) electrons. The summed E-state index contributed by atoms with van der Waals surface area (Å²) >= 11 is 0. The average molecular weight is 381 g/mol. The van der Waals surface area contributed by atoms with Crippen molar-refractivity contribution in [3.63, 3.8) is 0 Å². The summed E-state index contributed by atoms with van der Waals surface area (Å²) in [6.07, 6.45) is 2.96. The molecule has 0 saturated heterocycles. The topological polar surface area (TPSA) is 66.4 Å². The van der Waals surface area contributed by atoms with Gasteiger partial charge in [-0.05, 0) is 42.7 Å². The first-order valence-corrected chi connectivity index (χ1v) is 8.91. The molecule has 146 valence electrons. The van der Waals surface area contributed by atoms with Gasteiger partial charge in [0.2, 0.25) is 5.75 Å². The summed E-state index contributed by atoms with van der Waals surface area (Å²) < 4.78 is 21.3. The number of aryl methyl sites for hydroxylation is 2. The average Bonchev–Trinajstić information content (AvgIpc) is 3.05. The van der Waals surface area contributed by atoms with Crippen LogP contribution in [0.4, 0.5) is 0 Å². The molecule has 1 heterocycles. The van der Waals surface area contributed by atoms with Gasteiger partial charge in [0.25, 0.3) is 0 Å². The molecular weight excluding hydrogens is 358 g/mol. The maximum Gasteiger partial charge on any atom is 0.363 e. The summed E-state index contributed by atoms with van der Waals surface area (Å²) in [5.74, 6) is 1.45. The van der Waals surface area contributed by atoms with Crippen molar-refractivity contribution in [1.29, 1.82) is 0 Å². The van der Waals surface area contributed by atoms with Gasteiger partial charge < -0.3 is 18.9 Å². The Morgan fingerprint density at radius 3 is 2.18 bits per heavy atom. The molecule has 0 amide bonds. The fraction of sp³-hybridized carbons (Fsp3) is 0.273. The van der Waals surface area contributed by atoms with Crippen LogP contribution < -0.4 is 14.2 Å². The molecule has 0 aromatic heterocycles. The van der Waals surface area contributed by atoms with Gasteiger partial charge in [0.05, 0.1) is 21.3 Å². The van der Waals surface area contributed by atoms with E-state index in [9.17, 15) is 4.79 Å². The molecule has 3 rings (SSSR count). The molecule has 1 aliphatic heterocycles. The van der Waals surface area contributed by atoms with Crippen LogP contribution in [0.25, 0.3) is 6.08 Å². The van der Waals surface area contributed by atoms with Crippen molar-refractivity contribution in [2.45, 2.75) is 19.8 Å². The van der Waals surface area contributed by atoms with Gasteiger partial charge in [0.15, 0.2) is 23.1 Å². The summed E-state index contributed by atoms with van der Waals surface area (Å²) in [7, 11) is 4.62. The van der Waals surface area contributed by atoms with Crippen molar-refractivity contribution in [3.05, 3.63) is 58.8 Å². The van der Waals surface area contributed by atoms with E-state index >= 15 is 0 Å². The Morgan fingerprint density at radius 1 is 0.964 bits per heavy atom. The van der Waals surface area contributed by atoms with E-state index in [0.717, 1.165) is 6.42 Å². The smallest absolute Gasteiger partial charge is 0.363 e. The van der Waals surface area contributed by atoms with Gasteiger partial charge in [-0.25, -0.2) is 9.79 Å². The Hall–Kier alpha value is -3.28. The summed E-state index contributed by atoms with van der Waals surface area (Å²) in [5, 5.41) is 0. The maximum atomic E-state index is 12.2. The fourth-order valence-electron chi connectivity index (χ4n) is 2.91. The lowest BCUT2D eigenvalue weighted by atomic mass is 10.1. The molecule has 0 aliphatic carbocycles. The zero-order valence-electron chi connectivity index (χ0n) is 16.4. The molecule has 1 aliphatic rings. The number of hydrogen-bond acceptors (Lipinski definition) is 6. The van der Waals surface area contributed by atoms with E-state index in [2.05, 4.69) is 29.3 Å². The Labute approximate surface area is 164 Å². The molecule has 0 saturated carbocycles. The van der Waals surface area contributed by atoms with Crippen LogP contribution in [0.1, 0.15) is 23.1 Å². The lowest BCUT2D eigenvalue weighted by Gasteiger charge is -2.12. The number of nitrogens with zero attached hydrogens (tertiary/aromatic N) is 1. The van der Waals surface area contributed by atoms with Crippen molar-refractivity contribution < 1.29 is 23.7 Å². The molecule has 28 heavy (non-hydrogen) atoms. The van der Waals surface area contributed by atoms with E-state index in [1.165, 1.54) is 18.2 Å². The lowest BCUT2D eigenvalue weighted by Crippen LogP contribution is -2.05. The van der Waals surface area contributed by atoms with E-state index in [0.29, 0.717) is 35.1 Å². The number of hydrogen-bond donors (Lipinski definition) is 0. The standard InChI is InChI=1S/C22H23NO5/c1-14-5-7-15(8-6-14)9-10-20-23-17(22(24)28-20)11-16-12-18(25-2)21(27-4)19(13-16)26-3/h5-8,11-13H,9-10H2,1-4H3/b17-11+. The minimum atomic E-state index is -0.465. The summed E-state index contributed by atoms with van der Waals surface area (Å²) in [6.45, 7) is 2.05. The summed E-state index contributed by atoms with van der Waals surface area (Å²) in [6, 6.07) is 11.8. The number of ether oxygens (including phenoxy) is 4. The SMILES string of the molecule is COc1cc(/C=C2/N=C(CCc3ccc(C)cc3)OC2=O)cc(OC)c1OC. The predicted molar refractivity (Wildman–Crippen MR) is 107 cm³/mol.